The quantitative estimate of drug-likeness (QED) is 0.663. The van der Waals surface area contributed by atoms with E-state index in [1.54, 1.807) is 0 Å². The molecule has 1 heterocycles. The molecule has 2 N–H and O–H groups in total. The summed E-state index contributed by atoms with van der Waals surface area (Å²) in [6.07, 6.45) is 0.539. The Hall–Kier alpha value is -1.34. The molecule has 1 aliphatic heterocycles. The third kappa shape index (κ3) is 5.44. The second kappa shape index (κ2) is 7.96. The van der Waals surface area contributed by atoms with E-state index in [4.69, 9.17) is 5.11 Å². The van der Waals surface area contributed by atoms with Gasteiger partial charge in [-0.3, -0.25) is 9.69 Å². The number of aliphatic hydroxyl groups excluding tert-OH is 1. The standard InChI is InChI=1S/C12H22N2O5/c1-18-11(16)6-9-5-10(13-12(17)19-2)8-14(7-9)3-4-15/h9-10,15H,3-8H2,1-2H3,(H,13,17). The first kappa shape index (κ1) is 15.7. The van der Waals surface area contributed by atoms with Crippen LogP contribution >= 0.6 is 0 Å². The van der Waals surface area contributed by atoms with Gasteiger partial charge in [0.25, 0.3) is 0 Å². The van der Waals surface area contributed by atoms with Gasteiger partial charge in [-0.1, -0.05) is 0 Å². The zero-order valence-electron chi connectivity index (χ0n) is 11.4. The van der Waals surface area contributed by atoms with Crippen LogP contribution in [-0.2, 0) is 14.3 Å². The van der Waals surface area contributed by atoms with Crippen LogP contribution in [0.1, 0.15) is 12.8 Å². The summed E-state index contributed by atoms with van der Waals surface area (Å²) in [4.78, 5) is 24.6. The molecule has 2 atom stereocenters. The lowest BCUT2D eigenvalue weighted by molar-refractivity contribution is -0.142. The van der Waals surface area contributed by atoms with Gasteiger partial charge in [-0.25, -0.2) is 4.79 Å². The van der Waals surface area contributed by atoms with E-state index in [-0.39, 0.29) is 24.5 Å². The Bertz CT molecular complexity index is 284. The molecule has 7 nitrogen and oxygen atoms in total. The van der Waals surface area contributed by atoms with Gasteiger partial charge in [0.05, 0.1) is 20.8 Å². The van der Waals surface area contributed by atoms with Gasteiger partial charge in [0.1, 0.15) is 0 Å². The number of carbonyl (C=O) groups is 2. The maximum Gasteiger partial charge on any atom is 0.407 e. The number of nitrogens with one attached hydrogen (secondary N) is 1. The topological polar surface area (TPSA) is 88.1 Å². The summed E-state index contributed by atoms with van der Waals surface area (Å²) in [6, 6.07) is -0.0811. The molecule has 0 bridgehead atoms. The van der Waals surface area contributed by atoms with Crippen molar-refractivity contribution in [3.05, 3.63) is 0 Å². The fourth-order valence-electron chi connectivity index (χ4n) is 2.42. The molecule has 110 valence electrons. The number of hydrogen-bond acceptors (Lipinski definition) is 6. The normalized spacial score (nSPS) is 23.7. The van der Waals surface area contributed by atoms with E-state index in [0.717, 1.165) is 6.54 Å². The fourth-order valence-corrected chi connectivity index (χ4v) is 2.42. The SMILES string of the molecule is COC(=O)CC1CC(NC(=O)OC)CN(CCO)C1. The number of amides is 1. The van der Waals surface area contributed by atoms with Crippen LogP contribution < -0.4 is 5.32 Å². The van der Waals surface area contributed by atoms with E-state index in [1.807, 2.05) is 4.90 Å². The maximum absolute atomic E-state index is 11.3. The number of piperidine rings is 1. The van der Waals surface area contributed by atoms with Crippen LogP contribution in [0.25, 0.3) is 0 Å². The molecule has 1 aliphatic rings. The first-order valence-electron chi connectivity index (χ1n) is 6.33. The zero-order valence-corrected chi connectivity index (χ0v) is 11.4. The number of hydrogen-bond donors (Lipinski definition) is 2. The second-order valence-electron chi connectivity index (χ2n) is 4.70. The summed E-state index contributed by atoms with van der Waals surface area (Å²) in [5.41, 5.74) is 0. The number of aliphatic hydroxyl groups is 1. The van der Waals surface area contributed by atoms with Crippen molar-refractivity contribution in [2.24, 2.45) is 5.92 Å². The highest BCUT2D eigenvalue weighted by molar-refractivity contribution is 5.69. The van der Waals surface area contributed by atoms with Crippen molar-refractivity contribution in [2.75, 3.05) is 40.5 Å². The minimum absolute atomic E-state index is 0.0515. The van der Waals surface area contributed by atoms with Gasteiger partial charge >= 0.3 is 12.1 Å². The fraction of sp³-hybridized carbons (Fsp3) is 0.833. The van der Waals surface area contributed by atoms with Crippen LogP contribution in [0.5, 0.6) is 0 Å². The van der Waals surface area contributed by atoms with Gasteiger partial charge in [-0.2, -0.15) is 0 Å². The van der Waals surface area contributed by atoms with E-state index in [1.165, 1.54) is 14.2 Å². The number of esters is 1. The van der Waals surface area contributed by atoms with Gasteiger partial charge in [-0.15, -0.1) is 0 Å². The lowest BCUT2D eigenvalue weighted by atomic mass is 9.91. The Kier molecular flexibility index (Phi) is 6.58. The average molecular weight is 274 g/mol. The molecule has 0 aromatic heterocycles. The number of ether oxygens (including phenoxy) is 2. The third-order valence-electron chi connectivity index (χ3n) is 3.22. The Balaban J connectivity index is 2.56. The van der Waals surface area contributed by atoms with Gasteiger partial charge in [0.2, 0.25) is 0 Å². The zero-order chi connectivity index (χ0) is 14.3. The van der Waals surface area contributed by atoms with Crippen LogP contribution in [0.15, 0.2) is 0 Å². The molecule has 1 rings (SSSR count). The van der Waals surface area contributed by atoms with Crippen molar-refractivity contribution in [1.29, 1.82) is 0 Å². The van der Waals surface area contributed by atoms with Crippen LogP contribution in [0.4, 0.5) is 4.79 Å². The first-order valence-corrected chi connectivity index (χ1v) is 6.33. The van der Waals surface area contributed by atoms with Crippen LogP contribution in [0.2, 0.25) is 0 Å². The number of methoxy groups -OCH3 is 2. The lowest BCUT2D eigenvalue weighted by Crippen LogP contribution is -2.51. The molecule has 0 spiro atoms. The summed E-state index contributed by atoms with van der Waals surface area (Å²) in [5, 5.41) is 11.7. The summed E-state index contributed by atoms with van der Waals surface area (Å²) in [5.74, 6) is -0.150. The number of alkyl carbamates (subject to hydrolysis) is 1. The minimum atomic E-state index is -0.479. The van der Waals surface area contributed by atoms with Crippen LogP contribution in [0.3, 0.4) is 0 Å². The smallest absolute Gasteiger partial charge is 0.407 e. The summed E-state index contributed by atoms with van der Waals surface area (Å²) >= 11 is 0. The van der Waals surface area contributed by atoms with Gasteiger partial charge in [0.15, 0.2) is 0 Å². The number of likely N-dealkylation sites (tertiary alicyclic amines) is 1. The molecule has 0 aliphatic carbocycles. The van der Waals surface area contributed by atoms with Crippen molar-refractivity contribution in [3.63, 3.8) is 0 Å². The van der Waals surface area contributed by atoms with Crippen molar-refractivity contribution in [3.8, 4) is 0 Å². The average Bonchev–Trinajstić information content (AvgIpc) is 2.38. The largest absolute Gasteiger partial charge is 0.469 e. The molecule has 19 heavy (non-hydrogen) atoms. The van der Waals surface area contributed by atoms with Crippen molar-refractivity contribution in [2.45, 2.75) is 18.9 Å². The molecule has 1 fully saturated rings. The molecule has 1 amide bonds. The van der Waals surface area contributed by atoms with Gasteiger partial charge in [0, 0.05) is 32.1 Å². The van der Waals surface area contributed by atoms with Crippen molar-refractivity contribution in [1.82, 2.24) is 10.2 Å². The van der Waals surface area contributed by atoms with E-state index < -0.39 is 6.09 Å². The Morgan fingerprint density at radius 2 is 2.05 bits per heavy atom. The predicted molar refractivity (Wildman–Crippen MR) is 67.6 cm³/mol. The Morgan fingerprint density at radius 1 is 1.32 bits per heavy atom. The molecule has 2 unspecified atom stereocenters. The molecular weight excluding hydrogens is 252 g/mol. The monoisotopic (exact) mass is 274 g/mol. The number of β-amino-alcohol motifs (C(OH)–C–C–N with tert-alkyl or cyclic N) is 1. The number of nitrogens with zero attached hydrogens (tertiary/aromatic N) is 1. The maximum atomic E-state index is 11.3. The van der Waals surface area contributed by atoms with Gasteiger partial charge in [-0.05, 0) is 12.3 Å². The second-order valence-corrected chi connectivity index (χ2v) is 4.70. The molecule has 1 saturated heterocycles. The van der Waals surface area contributed by atoms with Crippen molar-refractivity contribution < 1.29 is 24.2 Å². The summed E-state index contributed by atoms with van der Waals surface area (Å²) in [6.45, 7) is 1.94. The summed E-state index contributed by atoms with van der Waals surface area (Å²) in [7, 11) is 2.68. The minimum Gasteiger partial charge on any atom is -0.469 e. The highest BCUT2D eigenvalue weighted by atomic mass is 16.5. The predicted octanol–water partition coefficient (Wildman–Crippen LogP) is -0.412. The Labute approximate surface area is 112 Å². The molecule has 0 aromatic rings. The molecule has 0 radical (unpaired) electrons. The molecule has 7 heteroatoms. The highest BCUT2D eigenvalue weighted by Gasteiger charge is 2.29. The van der Waals surface area contributed by atoms with E-state index in [0.29, 0.717) is 25.9 Å². The van der Waals surface area contributed by atoms with Crippen LogP contribution in [0, 0.1) is 5.92 Å². The highest BCUT2D eigenvalue weighted by Crippen LogP contribution is 2.20. The van der Waals surface area contributed by atoms with E-state index in [9.17, 15) is 9.59 Å². The van der Waals surface area contributed by atoms with Crippen LogP contribution in [-0.4, -0.2) is 68.6 Å². The molecular formula is C12H22N2O5. The van der Waals surface area contributed by atoms with Crippen molar-refractivity contribution >= 4 is 12.1 Å². The number of rotatable bonds is 5. The molecule has 0 aromatic carbocycles. The van der Waals surface area contributed by atoms with E-state index in [2.05, 4.69) is 14.8 Å². The Morgan fingerprint density at radius 3 is 2.63 bits per heavy atom. The van der Waals surface area contributed by atoms with Gasteiger partial charge < -0.3 is 19.9 Å². The molecule has 0 saturated carbocycles. The number of carbonyl (C=O) groups excluding carboxylic acids is 2. The summed E-state index contributed by atoms with van der Waals surface area (Å²) < 4.78 is 9.24. The third-order valence-corrected chi connectivity index (χ3v) is 3.22. The van der Waals surface area contributed by atoms with E-state index >= 15 is 0 Å². The lowest BCUT2D eigenvalue weighted by Gasteiger charge is -2.37. The first-order chi connectivity index (χ1) is 9.08.